The number of aromatic nitrogens is 2. The van der Waals surface area contributed by atoms with Gasteiger partial charge in [-0.25, -0.2) is 13.4 Å². The monoisotopic (exact) mass is 340 g/mol. The first-order chi connectivity index (χ1) is 10.5. The van der Waals surface area contributed by atoms with Crippen LogP contribution in [0.3, 0.4) is 0 Å². The first-order valence-electron chi connectivity index (χ1n) is 7.36. The summed E-state index contributed by atoms with van der Waals surface area (Å²) in [5.41, 5.74) is 6.59. The van der Waals surface area contributed by atoms with Gasteiger partial charge in [-0.3, -0.25) is 0 Å². The molecule has 2 aromatic heterocycles. The summed E-state index contributed by atoms with van der Waals surface area (Å²) in [5.74, 6) is 0.650. The lowest BCUT2D eigenvalue weighted by Gasteiger charge is -2.18. The highest BCUT2D eigenvalue weighted by atomic mass is 35.5. The van der Waals surface area contributed by atoms with Gasteiger partial charge in [-0.1, -0.05) is 11.6 Å². The van der Waals surface area contributed by atoms with Gasteiger partial charge in [0.05, 0.1) is 10.4 Å². The van der Waals surface area contributed by atoms with Crippen molar-refractivity contribution in [3.05, 3.63) is 23.5 Å². The van der Waals surface area contributed by atoms with Gasteiger partial charge in [0.15, 0.2) is 0 Å². The van der Waals surface area contributed by atoms with Crippen LogP contribution in [-0.2, 0) is 10.0 Å². The predicted molar refractivity (Wildman–Crippen MR) is 84.1 cm³/mol. The van der Waals surface area contributed by atoms with Crippen LogP contribution >= 0.6 is 11.6 Å². The normalized spacial score (nSPS) is 29.3. The average Bonchev–Trinajstić information content (AvgIpc) is 3.15. The second-order valence-corrected chi connectivity index (χ2v) is 8.47. The van der Waals surface area contributed by atoms with E-state index in [1.165, 1.54) is 6.20 Å². The van der Waals surface area contributed by atoms with Crippen LogP contribution in [0.4, 0.5) is 0 Å². The fraction of sp³-hybridized carbons (Fsp3) is 0.500. The Balaban J connectivity index is 1.75. The fourth-order valence-electron chi connectivity index (χ4n) is 3.79. The lowest BCUT2D eigenvalue weighted by molar-refractivity contribution is 0.427. The Kier molecular flexibility index (Phi) is 3.23. The summed E-state index contributed by atoms with van der Waals surface area (Å²) in [6.45, 7) is 1.05. The van der Waals surface area contributed by atoms with Crippen LogP contribution in [0.1, 0.15) is 12.8 Å². The molecule has 8 heteroatoms. The van der Waals surface area contributed by atoms with E-state index in [-0.39, 0.29) is 16.9 Å². The zero-order valence-electron chi connectivity index (χ0n) is 11.9. The van der Waals surface area contributed by atoms with Gasteiger partial charge in [0, 0.05) is 31.5 Å². The molecule has 4 rings (SSSR count). The van der Waals surface area contributed by atoms with E-state index in [1.807, 2.05) is 0 Å². The Morgan fingerprint density at radius 3 is 2.95 bits per heavy atom. The summed E-state index contributed by atoms with van der Waals surface area (Å²) >= 11 is 6.17. The number of hydrogen-bond acceptors (Lipinski definition) is 4. The van der Waals surface area contributed by atoms with Gasteiger partial charge in [-0.05, 0) is 30.7 Å². The summed E-state index contributed by atoms with van der Waals surface area (Å²) in [6.07, 6.45) is 5.03. The van der Waals surface area contributed by atoms with Gasteiger partial charge in [0.2, 0.25) is 10.0 Å². The predicted octanol–water partition coefficient (Wildman–Crippen LogP) is 1.57. The largest absolute Gasteiger partial charge is 0.345 e. The van der Waals surface area contributed by atoms with Crippen molar-refractivity contribution in [3.63, 3.8) is 0 Å². The smallest absolute Gasteiger partial charge is 0.245 e. The highest BCUT2D eigenvalue weighted by Crippen LogP contribution is 2.40. The zero-order valence-corrected chi connectivity index (χ0v) is 13.4. The molecule has 0 bridgehead atoms. The van der Waals surface area contributed by atoms with Crippen molar-refractivity contribution in [2.24, 2.45) is 17.6 Å². The third-order valence-electron chi connectivity index (χ3n) is 4.98. The number of pyridine rings is 1. The van der Waals surface area contributed by atoms with Crippen molar-refractivity contribution in [3.8, 4) is 0 Å². The molecule has 0 radical (unpaired) electrons. The Hall–Kier alpha value is -1.15. The molecular formula is C14H17ClN4O2S. The second-order valence-electron chi connectivity index (χ2n) is 6.16. The minimum absolute atomic E-state index is 0.110. The molecule has 22 heavy (non-hydrogen) atoms. The molecule has 3 unspecified atom stereocenters. The number of fused-ring (bicyclic) bond motifs is 2. The fourth-order valence-corrected chi connectivity index (χ4v) is 5.80. The third-order valence-corrected chi connectivity index (χ3v) is 7.15. The van der Waals surface area contributed by atoms with Gasteiger partial charge in [0.25, 0.3) is 0 Å². The minimum atomic E-state index is -3.59. The van der Waals surface area contributed by atoms with Crippen LogP contribution in [0.15, 0.2) is 23.4 Å². The third kappa shape index (κ3) is 2.00. The van der Waals surface area contributed by atoms with Crippen molar-refractivity contribution >= 4 is 32.7 Å². The molecule has 1 aliphatic carbocycles. The Labute approximate surface area is 133 Å². The number of aromatic amines is 1. The summed E-state index contributed by atoms with van der Waals surface area (Å²) in [7, 11) is -3.59. The maximum atomic E-state index is 13.0. The van der Waals surface area contributed by atoms with Crippen molar-refractivity contribution in [1.29, 1.82) is 0 Å². The van der Waals surface area contributed by atoms with Crippen LogP contribution in [0.2, 0.25) is 5.02 Å². The molecular weight excluding hydrogens is 324 g/mol. The van der Waals surface area contributed by atoms with E-state index in [0.29, 0.717) is 35.1 Å². The van der Waals surface area contributed by atoms with Crippen molar-refractivity contribution < 1.29 is 8.42 Å². The number of halogens is 1. The molecule has 1 saturated heterocycles. The van der Waals surface area contributed by atoms with Gasteiger partial charge in [-0.15, -0.1) is 0 Å². The highest BCUT2D eigenvalue weighted by molar-refractivity contribution is 7.89. The molecule has 3 atom stereocenters. The molecule has 1 aliphatic heterocycles. The maximum absolute atomic E-state index is 13.0. The SMILES string of the molecule is NC1CCC2CN(S(=O)(=O)c3c[nH]c4nccc(Cl)c34)CC12. The van der Waals surface area contributed by atoms with Crippen LogP contribution in [0.25, 0.3) is 11.0 Å². The molecule has 0 amide bonds. The zero-order chi connectivity index (χ0) is 15.5. The number of nitrogens with zero attached hydrogens (tertiary/aromatic N) is 2. The molecule has 3 N–H and O–H groups in total. The van der Waals surface area contributed by atoms with Gasteiger partial charge in [-0.2, -0.15) is 4.31 Å². The molecule has 2 fully saturated rings. The number of H-pyrrole nitrogens is 1. The quantitative estimate of drug-likeness (QED) is 0.868. The van der Waals surface area contributed by atoms with E-state index in [4.69, 9.17) is 17.3 Å². The first-order valence-corrected chi connectivity index (χ1v) is 9.17. The van der Waals surface area contributed by atoms with E-state index in [2.05, 4.69) is 9.97 Å². The molecule has 118 valence electrons. The number of rotatable bonds is 2. The maximum Gasteiger partial charge on any atom is 0.245 e. The molecule has 2 aromatic rings. The molecule has 3 heterocycles. The van der Waals surface area contributed by atoms with Crippen LogP contribution in [-0.4, -0.2) is 41.8 Å². The molecule has 2 aliphatic rings. The van der Waals surface area contributed by atoms with Crippen LogP contribution in [0.5, 0.6) is 0 Å². The van der Waals surface area contributed by atoms with E-state index in [1.54, 1.807) is 16.6 Å². The Bertz CT molecular complexity index is 834. The molecule has 6 nitrogen and oxygen atoms in total. The number of sulfonamides is 1. The highest BCUT2D eigenvalue weighted by Gasteiger charge is 2.45. The first kappa shape index (κ1) is 14.4. The Morgan fingerprint density at radius 1 is 1.36 bits per heavy atom. The molecule has 0 aromatic carbocycles. The molecule has 1 saturated carbocycles. The second kappa shape index (κ2) is 4.92. The van der Waals surface area contributed by atoms with E-state index < -0.39 is 10.0 Å². The number of nitrogens with two attached hydrogens (primary N) is 1. The van der Waals surface area contributed by atoms with Crippen LogP contribution < -0.4 is 5.73 Å². The van der Waals surface area contributed by atoms with Crippen LogP contribution in [0, 0.1) is 11.8 Å². The lowest BCUT2D eigenvalue weighted by atomic mass is 9.98. The van der Waals surface area contributed by atoms with E-state index in [9.17, 15) is 8.42 Å². The van der Waals surface area contributed by atoms with Gasteiger partial charge < -0.3 is 10.7 Å². The molecule has 0 spiro atoms. The van der Waals surface area contributed by atoms with Crippen molar-refractivity contribution in [2.45, 2.75) is 23.8 Å². The standard InChI is InChI=1S/C14H17ClN4O2S/c15-10-3-4-17-14-13(10)12(5-18-14)22(20,21)19-6-8-1-2-11(16)9(8)7-19/h3-5,8-9,11H,1-2,6-7,16H2,(H,17,18). The topological polar surface area (TPSA) is 92.1 Å². The van der Waals surface area contributed by atoms with Crippen molar-refractivity contribution in [2.75, 3.05) is 13.1 Å². The number of nitrogens with one attached hydrogen (secondary N) is 1. The van der Waals surface area contributed by atoms with Crippen molar-refractivity contribution in [1.82, 2.24) is 14.3 Å². The van der Waals surface area contributed by atoms with Gasteiger partial charge in [0.1, 0.15) is 10.5 Å². The van der Waals surface area contributed by atoms with E-state index >= 15 is 0 Å². The van der Waals surface area contributed by atoms with E-state index in [0.717, 1.165) is 12.8 Å². The summed E-state index contributed by atoms with van der Waals surface area (Å²) in [4.78, 5) is 7.22. The lowest BCUT2D eigenvalue weighted by Crippen LogP contribution is -2.33. The average molecular weight is 341 g/mol. The summed E-state index contributed by atoms with van der Waals surface area (Å²) in [5, 5.41) is 0.853. The summed E-state index contributed by atoms with van der Waals surface area (Å²) in [6, 6.07) is 1.71. The minimum Gasteiger partial charge on any atom is -0.345 e. The van der Waals surface area contributed by atoms with Gasteiger partial charge >= 0.3 is 0 Å². The number of hydrogen-bond donors (Lipinski definition) is 2. The summed E-state index contributed by atoms with van der Waals surface area (Å²) < 4.78 is 27.5. The Morgan fingerprint density at radius 2 is 2.18 bits per heavy atom.